The third-order valence-electron chi connectivity index (χ3n) is 2.33. The summed E-state index contributed by atoms with van der Waals surface area (Å²) >= 11 is 0. The maximum absolute atomic E-state index is 4.13. The standard InChI is InChI=1S/C10H15N5/c1-15-9(3-5-14-15)2-4-11-8-10-12-6-7-13-10/h3,5-7,11H,2,4,8H2,1H3,(H,12,13). The molecular formula is C10H15N5. The van der Waals surface area contributed by atoms with Crippen LogP contribution in [0.15, 0.2) is 24.7 Å². The van der Waals surface area contributed by atoms with Crippen molar-refractivity contribution in [1.29, 1.82) is 0 Å². The summed E-state index contributed by atoms with van der Waals surface area (Å²) in [5.74, 6) is 0.972. The van der Waals surface area contributed by atoms with Gasteiger partial charge in [-0.2, -0.15) is 5.10 Å². The van der Waals surface area contributed by atoms with E-state index in [2.05, 4.69) is 20.4 Å². The molecule has 15 heavy (non-hydrogen) atoms. The van der Waals surface area contributed by atoms with E-state index in [1.165, 1.54) is 5.69 Å². The molecule has 0 radical (unpaired) electrons. The van der Waals surface area contributed by atoms with Crippen molar-refractivity contribution in [2.45, 2.75) is 13.0 Å². The van der Waals surface area contributed by atoms with Gasteiger partial charge in [0.1, 0.15) is 5.82 Å². The van der Waals surface area contributed by atoms with Crippen molar-refractivity contribution < 1.29 is 0 Å². The van der Waals surface area contributed by atoms with Gasteiger partial charge in [-0.15, -0.1) is 0 Å². The molecule has 2 aromatic heterocycles. The van der Waals surface area contributed by atoms with Crippen LogP contribution < -0.4 is 5.32 Å². The van der Waals surface area contributed by atoms with E-state index in [-0.39, 0.29) is 0 Å². The molecule has 2 N–H and O–H groups in total. The first-order chi connectivity index (χ1) is 7.36. The highest BCUT2D eigenvalue weighted by Gasteiger charge is 1.98. The molecule has 80 valence electrons. The Bertz CT molecular complexity index is 390. The average Bonchev–Trinajstić information content (AvgIpc) is 2.85. The minimum absolute atomic E-state index is 0.783. The van der Waals surface area contributed by atoms with E-state index < -0.39 is 0 Å². The molecule has 0 unspecified atom stereocenters. The number of aromatic amines is 1. The fourth-order valence-electron chi connectivity index (χ4n) is 1.46. The van der Waals surface area contributed by atoms with Crippen LogP contribution in [0.1, 0.15) is 11.5 Å². The molecular weight excluding hydrogens is 190 g/mol. The average molecular weight is 205 g/mol. The Morgan fingerprint density at radius 3 is 3.07 bits per heavy atom. The molecule has 0 aliphatic carbocycles. The molecule has 0 saturated heterocycles. The molecule has 5 heteroatoms. The highest BCUT2D eigenvalue weighted by Crippen LogP contribution is 1.96. The van der Waals surface area contributed by atoms with Crippen LogP contribution in [0.25, 0.3) is 0 Å². The van der Waals surface area contributed by atoms with Crippen LogP contribution in [-0.2, 0) is 20.0 Å². The maximum Gasteiger partial charge on any atom is 0.120 e. The molecule has 5 nitrogen and oxygen atoms in total. The van der Waals surface area contributed by atoms with Gasteiger partial charge in [0.25, 0.3) is 0 Å². The van der Waals surface area contributed by atoms with Gasteiger partial charge in [0.2, 0.25) is 0 Å². The van der Waals surface area contributed by atoms with Gasteiger partial charge in [-0.05, 0) is 6.07 Å². The highest BCUT2D eigenvalue weighted by atomic mass is 15.3. The molecule has 2 heterocycles. The maximum atomic E-state index is 4.13. The lowest BCUT2D eigenvalue weighted by Crippen LogP contribution is -2.18. The molecule has 2 rings (SSSR count). The lowest BCUT2D eigenvalue weighted by molar-refractivity contribution is 0.631. The smallest absolute Gasteiger partial charge is 0.120 e. The van der Waals surface area contributed by atoms with Gasteiger partial charge < -0.3 is 10.3 Å². The van der Waals surface area contributed by atoms with Gasteiger partial charge in [0.05, 0.1) is 6.54 Å². The van der Waals surface area contributed by atoms with Crippen LogP contribution in [0.5, 0.6) is 0 Å². The van der Waals surface area contributed by atoms with Crippen LogP contribution >= 0.6 is 0 Å². The van der Waals surface area contributed by atoms with E-state index >= 15 is 0 Å². The van der Waals surface area contributed by atoms with Crippen LogP contribution in [0, 0.1) is 0 Å². The van der Waals surface area contributed by atoms with Crippen molar-refractivity contribution in [2.75, 3.05) is 6.54 Å². The van der Waals surface area contributed by atoms with E-state index in [0.29, 0.717) is 0 Å². The molecule has 0 spiro atoms. The Kier molecular flexibility index (Phi) is 3.14. The van der Waals surface area contributed by atoms with Crippen molar-refractivity contribution in [1.82, 2.24) is 25.1 Å². The summed E-state index contributed by atoms with van der Waals surface area (Å²) in [4.78, 5) is 7.18. The van der Waals surface area contributed by atoms with Gasteiger partial charge in [-0.1, -0.05) is 0 Å². The Balaban J connectivity index is 1.70. The van der Waals surface area contributed by atoms with E-state index in [4.69, 9.17) is 0 Å². The highest BCUT2D eigenvalue weighted by molar-refractivity contribution is 5.00. The van der Waals surface area contributed by atoms with Crippen LogP contribution in [-0.4, -0.2) is 26.3 Å². The second kappa shape index (κ2) is 4.75. The fourth-order valence-corrected chi connectivity index (χ4v) is 1.46. The summed E-state index contributed by atoms with van der Waals surface area (Å²) in [7, 11) is 1.96. The van der Waals surface area contributed by atoms with Gasteiger partial charge in [0.15, 0.2) is 0 Å². The van der Waals surface area contributed by atoms with Crippen molar-refractivity contribution in [3.05, 3.63) is 36.2 Å². The van der Waals surface area contributed by atoms with Gasteiger partial charge in [0, 0.05) is 44.3 Å². The van der Waals surface area contributed by atoms with Gasteiger partial charge >= 0.3 is 0 Å². The van der Waals surface area contributed by atoms with Gasteiger partial charge in [-0.3, -0.25) is 4.68 Å². The van der Waals surface area contributed by atoms with Crippen LogP contribution in [0.4, 0.5) is 0 Å². The molecule has 0 aliphatic heterocycles. The number of hydrogen-bond acceptors (Lipinski definition) is 3. The SMILES string of the molecule is Cn1nccc1CCNCc1ncc[nH]1. The summed E-state index contributed by atoms with van der Waals surface area (Å²) in [6.07, 6.45) is 6.40. The second-order valence-corrected chi connectivity index (χ2v) is 3.41. The molecule has 0 aromatic carbocycles. The molecule has 0 amide bonds. The number of nitrogens with one attached hydrogen (secondary N) is 2. The first-order valence-corrected chi connectivity index (χ1v) is 5.02. The summed E-state index contributed by atoms with van der Waals surface area (Å²) in [6, 6.07) is 2.04. The second-order valence-electron chi connectivity index (χ2n) is 3.41. The quantitative estimate of drug-likeness (QED) is 0.698. The fraction of sp³-hybridized carbons (Fsp3) is 0.400. The van der Waals surface area contributed by atoms with E-state index in [1.54, 1.807) is 6.20 Å². The van der Waals surface area contributed by atoms with E-state index in [0.717, 1.165) is 25.3 Å². The van der Waals surface area contributed by atoms with Crippen LogP contribution in [0.2, 0.25) is 0 Å². The topological polar surface area (TPSA) is 58.5 Å². The number of aromatic nitrogens is 4. The molecule has 0 atom stereocenters. The molecule has 0 saturated carbocycles. The number of nitrogens with zero attached hydrogens (tertiary/aromatic N) is 3. The minimum Gasteiger partial charge on any atom is -0.348 e. The van der Waals surface area contributed by atoms with Crippen molar-refractivity contribution >= 4 is 0 Å². The molecule has 2 aromatic rings. The summed E-state index contributed by atoms with van der Waals surface area (Å²) in [6.45, 7) is 1.71. The number of hydrogen-bond donors (Lipinski definition) is 2. The number of imidazole rings is 1. The van der Waals surface area contributed by atoms with E-state index in [1.807, 2.05) is 30.2 Å². The zero-order valence-electron chi connectivity index (χ0n) is 8.77. The first kappa shape index (κ1) is 9.92. The number of rotatable bonds is 5. The predicted molar refractivity (Wildman–Crippen MR) is 57.2 cm³/mol. The van der Waals surface area contributed by atoms with Crippen molar-refractivity contribution in [2.24, 2.45) is 7.05 Å². The Labute approximate surface area is 88.5 Å². The Morgan fingerprint density at radius 2 is 2.40 bits per heavy atom. The monoisotopic (exact) mass is 205 g/mol. The summed E-state index contributed by atoms with van der Waals surface area (Å²) in [5.41, 5.74) is 1.24. The lowest BCUT2D eigenvalue weighted by atomic mass is 10.3. The van der Waals surface area contributed by atoms with Gasteiger partial charge in [-0.25, -0.2) is 4.98 Å². The molecule has 0 bridgehead atoms. The first-order valence-electron chi connectivity index (χ1n) is 5.02. The normalized spacial score (nSPS) is 10.7. The largest absolute Gasteiger partial charge is 0.348 e. The summed E-state index contributed by atoms with van der Waals surface area (Å²) in [5, 5.41) is 7.43. The Hall–Kier alpha value is -1.62. The predicted octanol–water partition coefficient (Wildman–Crippen LogP) is 0.475. The number of H-pyrrole nitrogens is 1. The third kappa shape index (κ3) is 2.66. The van der Waals surface area contributed by atoms with Crippen molar-refractivity contribution in [3.8, 4) is 0 Å². The minimum atomic E-state index is 0.783. The van der Waals surface area contributed by atoms with E-state index in [9.17, 15) is 0 Å². The van der Waals surface area contributed by atoms with Crippen LogP contribution in [0.3, 0.4) is 0 Å². The zero-order valence-corrected chi connectivity index (χ0v) is 8.77. The number of aryl methyl sites for hydroxylation is 1. The zero-order chi connectivity index (χ0) is 10.5. The van der Waals surface area contributed by atoms with Crippen molar-refractivity contribution in [3.63, 3.8) is 0 Å². The lowest BCUT2D eigenvalue weighted by Gasteiger charge is -2.03. The molecule has 0 fully saturated rings. The summed E-state index contributed by atoms with van der Waals surface area (Å²) < 4.78 is 1.90. The third-order valence-corrected chi connectivity index (χ3v) is 2.33. The Morgan fingerprint density at radius 1 is 1.47 bits per heavy atom. The molecule has 0 aliphatic rings.